The lowest BCUT2D eigenvalue weighted by atomic mass is 9.96. The molecule has 2 aromatic rings. The molecule has 3 rings (SSSR count). The van der Waals surface area contributed by atoms with Crippen LogP contribution in [0.1, 0.15) is 39.4 Å². The number of rotatable bonds is 2. The summed E-state index contributed by atoms with van der Waals surface area (Å²) in [6, 6.07) is 6.98. The molecule has 1 saturated heterocycles. The van der Waals surface area contributed by atoms with E-state index in [0.29, 0.717) is 6.04 Å². The van der Waals surface area contributed by atoms with Crippen LogP contribution in [0.4, 0.5) is 5.69 Å². The first-order chi connectivity index (χ1) is 9.91. The number of piperidine rings is 1. The highest BCUT2D eigenvalue weighted by atomic mass is 15.1. The number of H-pyrrole nitrogens is 1. The van der Waals surface area contributed by atoms with E-state index in [1.54, 1.807) is 0 Å². The van der Waals surface area contributed by atoms with Crippen molar-refractivity contribution in [1.29, 1.82) is 0 Å². The number of imidazole rings is 1. The van der Waals surface area contributed by atoms with Crippen molar-refractivity contribution in [3.8, 4) is 0 Å². The third-order valence-corrected chi connectivity index (χ3v) is 4.19. The summed E-state index contributed by atoms with van der Waals surface area (Å²) in [5.41, 5.74) is 3.41. The van der Waals surface area contributed by atoms with Crippen LogP contribution in [0.3, 0.4) is 0 Å². The highest BCUT2D eigenvalue weighted by molar-refractivity contribution is 5.79. The van der Waals surface area contributed by atoms with Crippen molar-refractivity contribution < 1.29 is 0 Å². The summed E-state index contributed by atoms with van der Waals surface area (Å²) in [6.07, 6.45) is 2.52. The molecule has 114 valence electrons. The van der Waals surface area contributed by atoms with Gasteiger partial charge in [-0.3, -0.25) is 0 Å². The fourth-order valence-corrected chi connectivity index (χ4v) is 2.97. The van der Waals surface area contributed by atoms with E-state index in [1.807, 2.05) is 0 Å². The molecule has 4 nitrogen and oxygen atoms in total. The Morgan fingerprint density at radius 1 is 1.33 bits per heavy atom. The van der Waals surface area contributed by atoms with E-state index in [1.165, 1.54) is 25.1 Å². The first-order valence-corrected chi connectivity index (χ1v) is 7.87. The molecule has 1 unspecified atom stereocenters. The zero-order chi connectivity index (χ0) is 15.0. The molecule has 0 amide bonds. The lowest BCUT2D eigenvalue weighted by Gasteiger charge is -2.30. The highest BCUT2D eigenvalue weighted by Gasteiger charge is 2.19. The molecule has 1 atom stereocenters. The highest BCUT2D eigenvalue weighted by Crippen LogP contribution is 2.25. The SMILES string of the molecule is CN1CCCC(Nc2ccc3nc(C(C)(C)C)[nH]c3c2)C1. The van der Waals surface area contributed by atoms with Gasteiger partial charge >= 0.3 is 0 Å². The van der Waals surface area contributed by atoms with Gasteiger partial charge in [-0.05, 0) is 44.6 Å². The van der Waals surface area contributed by atoms with Gasteiger partial charge in [-0.1, -0.05) is 20.8 Å². The molecule has 1 aromatic carbocycles. The van der Waals surface area contributed by atoms with Gasteiger partial charge in [-0.2, -0.15) is 0 Å². The smallest absolute Gasteiger partial charge is 0.112 e. The number of benzene rings is 1. The van der Waals surface area contributed by atoms with Gasteiger partial charge in [0, 0.05) is 23.7 Å². The summed E-state index contributed by atoms with van der Waals surface area (Å²) >= 11 is 0. The van der Waals surface area contributed by atoms with Crippen molar-refractivity contribution in [1.82, 2.24) is 14.9 Å². The molecule has 2 N–H and O–H groups in total. The second kappa shape index (κ2) is 5.34. The van der Waals surface area contributed by atoms with Crippen LogP contribution in [-0.4, -0.2) is 41.0 Å². The number of hydrogen-bond acceptors (Lipinski definition) is 3. The van der Waals surface area contributed by atoms with Crippen LogP contribution in [0.2, 0.25) is 0 Å². The standard InChI is InChI=1S/C17H26N4/c1-17(2,3)16-19-14-8-7-12(10-15(14)20-16)18-13-6-5-9-21(4)11-13/h7-8,10,13,18H,5-6,9,11H2,1-4H3,(H,19,20). The molecule has 1 aliphatic rings. The minimum Gasteiger partial charge on any atom is -0.381 e. The molecule has 1 aliphatic heterocycles. The Morgan fingerprint density at radius 2 is 2.14 bits per heavy atom. The molecule has 0 bridgehead atoms. The number of fused-ring (bicyclic) bond motifs is 1. The first kappa shape index (κ1) is 14.4. The second-order valence-corrected chi connectivity index (χ2v) is 7.31. The molecule has 0 spiro atoms. The number of aromatic amines is 1. The maximum atomic E-state index is 4.69. The van der Waals surface area contributed by atoms with Crippen LogP contribution in [0.25, 0.3) is 11.0 Å². The van der Waals surface area contributed by atoms with Crippen LogP contribution < -0.4 is 5.32 Å². The van der Waals surface area contributed by atoms with Crippen LogP contribution in [0.5, 0.6) is 0 Å². The van der Waals surface area contributed by atoms with Crippen LogP contribution in [0.15, 0.2) is 18.2 Å². The monoisotopic (exact) mass is 286 g/mol. The number of aromatic nitrogens is 2. The predicted octanol–water partition coefficient (Wildman–Crippen LogP) is 3.37. The normalized spacial score (nSPS) is 20.9. The van der Waals surface area contributed by atoms with Gasteiger partial charge < -0.3 is 15.2 Å². The first-order valence-electron chi connectivity index (χ1n) is 7.87. The van der Waals surface area contributed by atoms with Crippen molar-refractivity contribution >= 4 is 16.7 Å². The fraction of sp³-hybridized carbons (Fsp3) is 0.588. The van der Waals surface area contributed by atoms with Gasteiger partial charge in [0.1, 0.15) is 5.82 Å². The van der Waals surface area contributed by atoms with Gasteiger partial charge in [-0.25, -0.2) is 4.98 Å². The maximum absolute atomic E-state index is 4.69. The van der Waals surface area contributed by atoms with E-state index in [-0.39, 0.29) is 5.41 Å². The summed E-state index contributed by atoms with van der Waals surface area (Å²) in [6.45, 7) is 8.88. The Labute approximate surface area is 126 Å². The van der Waals surface area contributed by atoms with E-state index >= 15 is 0 Å². The largest absolute Gasteiger partial charge is 0.381 e. The van der Waals surface area contributed by atoms with Crippen LogP contribution in [-0.2, 0) is 5.41 Å². The van der Waals surface area contributed by atoms with E-state index in [9.17, 15) is 0 Å². The van der Waals surface area contributed by atoms with E-state index in [4.69, 9.17) is 4.98 Å². The molecule has 0 saturated carbocycles. The Hall–Kier alpha value is -1.55. The zero-order valence-electron chi connectivity index (χ0n) is 13.5. The number of anilines is 1. The van der Waals surface area contributed by atoms with Gasteiger partial charge in [0.25, 0.3) is 0 Å². The minimum absolute atomic E-state index is 0.0543. The van der Waals surface area contributed by atoms with Crippen molar-refractivity contribution in [3.63, 3.8) is 0 Å². The molecular formula is C17H26N4. The second-order valence-electron chi connectivity index (χ2n) is 7.31. The molecular weight excluding hydrogens is 260 g/mol. The molecule has 0 aliphatic carbocycles. The van der Waals surface area contributed by atoms with Crippen molar-refractivity contribution in [3.05, 3.63) is 24.0 Å². The van der Waals surface area contributed by atoms with E-state index < -0.39 is 0 Å². The fourth-order valence-electron chi connectivity index (χ4n) is 2.97. The quantitative estimate of drug-likeness (QED) is 0.889. The Bertz CT molecular complexity index is 623. The Kier molecular flexibility index (Phi) is 3.66. The number of nitrogens with one attached hydrogen (secondary N) is 2. The number of nitrogens with zero attached hydrogens (tertiary/aromatic N) is 2. The minimum atomic E-state index is 0.0543. The molecule has 2 heterocycles. The number of likely N-dealkylation sites (tertiary alicyclic amines) is 1. The van der Waals surface area contributed by atoms with Crippen molar-refractivity contribution in [2.45, 2.75) is 45.1 Å². The lowest BCUT2D eigenvalue weighted by Crippen LogP contribution is -2.39. The summed E-state index contributed by atoms with van der Waals surface area (Å²) in [7, 11) is 2.20. The molecule has 0 radical (unpaired) electrons. The predicted molar refractivity (Wildman–Crippen MR) is 88.9 cm³/mol. The van der Waals surface area contributed by atoms with Gasteiger partial charge in [-0.15, -0.1) is 0 Å². The Morgan fingerprint density at radius 3 is 2.86 bits per heavy atom. The maximum Gasteiger partial charge on any atom is 0.112 e. The van der Waals surface area contributed by atoms with Gasteiger partial charge in [0.2, 0.25) is 0 Å². The number of hydrogen-bond donors (Lipinski definition) is 2. The van der Waals surface area contributed by atoms with Gasteiger partial charge in [0.05, 0.1) is 11.0 Å². The topological polar surface area (TPSA) is 44.0 Å². The summed E-state index contributed by atoms with van der Waals surface area (Å²) in [5, 5.41) is 3.66. The van der Waals surface area contributed by atoms with Crippen molar-refractivity contribution in [2.75, 3.05) is 25.5 Å². The average Bonchev–Trinajstić information content (AvgIpc) is 2.82. The van der Waals surface area contributed by atoms with Crippen LogP contribution in [0, 0.1) is 0 Å². The molecule has 21 heavy (non-hydrogen) atoms. The summed E-state index contributed by atoms with van der Waals surface area (Å²) in [4.78, 5) is 10.5. The van der Waals surface area contributed by atoms with Crippen LogP contribution >= 0.6 is 0 Å². The van der Waals surface area contributed by atoms with Crippen molar-refractivity contribution in [2.24, 2.45) is 0 Å². The average molecular weight is 286 g/mol. The molecule has 1 aromatic heterocycles. The van der Waals surface area contributed by atoms with E-state index in [2.05, 4.69) is 61.2 Å². The van der Waals surface area contributed by atoms with E-state index in [0.717, 1.165) is 23.4 Å². The molecule has 4 heteroatoms. The molecule has 1 fully saturated rings. The third-order valence-electron chi connectivity index (χ3n) is 4.19. The summed E-state index contributed by atoms with van der Waals surface area (Å²) in [5.74, 6) is 1.05. The summed E-state index contributed by atoms with van der Waals surface area (Å²) < 4.78 is 0. The zero-order valence-corrected chi connectivity index (χ0v) is 13.5. The lowest BCUT2D eigenvalue weighted by molar-refractivity contribution is 0.261. The number of likely N-dealkylation sites (N-methyl/N-ethyl adjacent to an activating group) is 1. The third kappa shape index (κ3) is 3.21. The van der Waals surface area contributed by atoms with Gasteiger partial charge in [0.15, 0.2) is 0 Å². The Balaban J connectivity index is 1.80.